The van der Waals surface area contributed by atoms with Gasteiger partial charge in [-0.15, -0.1) is 0 Å². The molecule has 0 radical (unpaired) electrons. The van der Waals surface area contributed by atoms with Crippen LogP contribution in [0.3, 0.4) is 0 Å². The number of hydrogen-bond donors (Lipinski definition) is 3. The highest BCUT2D eigenvalue weighted by Gasteiger charge is 2.27. The number of rotatable bonds is 5. The Balaban J connectivity index is 1.89. The first-order chi connectivity index (χ1) is 12.3. The lowest BCUT2D eigenvalue weighted by molar-refractivity contribution is 0.190. The second-order valence-electron chi connectivity index (χ2n) is 7.88. The number of pyridine rings is 1. The zero-order valence-corrected chi connectivity index (χ0v) is 16.1. The number of nitrogens with one attached hydrogen (secondary N) is 1. The third-order valence-corrected chi connectivity index (χ3v) is 5.62. The van der Waals surface area contributed by atoms with Crippen LogP contribution in [0.2, 0.25) is 0 Å². The first-order valence-electron chi connectivity index (χ1n) is 9.01. The van der Waals surface area contributed by atoms with Crippen LogP contribution >= 0.6 is 8.60 Å². The average molecular weight is 375 g/mol. The van der Waals surface area contributed by atoms with Gasteiger partial charge in [0.25, 0.3) is 5.56 Å². The predicted molar refractivity (Wildman–Crippen MR) is 104 cm³/mol. The lowest BCUT2D eigenvalue weighted by Gasteiger charge is -2.34. The van der Waals surface area contributed by atoms with E-state index in [0.717, 1.165) is 25.0 Å². The molecule has 26 heavy (non-hydrogen) atoms. The highest BCUT2D eigenvalue weighted by atomic mass is 31.2. The van der Waals surface area contributed by atoms with Gasteiger partial charge in [0.05, 0.1) is 5.56 Å². The normalized spacial score (nSPS) is 17.4. The van der Waals surface area contributed by atoms with E-state index in [-0.39, 0.29) is 11.3 Å². The molecular formula is C20H26NO4P. The molecule has 3 rings (SSSR count). The number of aromatic nitrogens is 1. The first kappa shape index (κ1) is 19.1. The largest absolute Gasteiger partial charge is 0.426 e. The Labute approximate surface area is 155 Å². The molecule has 1 aliphatic rings. The van der Waals surface area contributed by atoms with Crippen molar-refractivity contribution in [1.29, 1.82) is 0 Å². The summed E-state index contributed by atoms with van der Waals surface area (Å²) in [6.07, 6.45) is 5.42. The molecule has 5 nitrogen and oxygen atoms in total. The fourth-order valence-corrected chi connectivity index (χ4v) is 4.03. The van der Waals surface area contributed by atoms with E-state index < -0.39 is 8.60 Å². The number of aromatic amines is 1. The zero-order chi connectivity index (χ0) is 18.7. The van der Waals surface area contributed by atoms with E-state index in [4.69, 9.17) is 4.52 Å². The average Bonchev–Trinajstić information content (AvgIpc) is 2.57. The summed E-state index contributed by atoms with van der Waals surface area (Å²) in [6, 6.07) is 10.9. The summed E-state index contributed by atoms with van der Waals surface area (Å²) < 4.78 is 5.20. The fraction of sp³-hybridized carbons (Fsp3) is 0.450. The Hall–Kier alpha value is -1.68. The zero-order valence-electron chi connectivity index (χ0n) is 15.2. The lowest BCUT2D eigenvalue weighted by atomic mass is 9.72. The molecule has 1 aromatic carbocycles. The molecule has 1 aliphatic carbocycles. The summed E-state index contributed by atoms with van der Waals surface area (Å²) >= 11 is 0. The quantitative estimate of drug-likeness (QED) is 0.677. The Bertz CT molecular complexity index is 791. The topological polar surface area (TPSA) is 82.5 Å². The van der Waals surface area contributed by atoms with E-state index >= 15 is 0 Å². The molecule has 140 valence electrons. The second kappa shape index (κ2) is 7.91. The van der Waals surface area contributed by atoms with Crippen molar-refractivity contribution in [2.24, 2.45) is 11.3 Å². The van der Waals surface area contributed by atoms with E-state index in [1.54, 1.807) is 18.2 Å². The standard InChI is InChI=1S/C20H26NO4P/c1-20(2)10-8-14(9-11-20)12-16-13-17(25-26(23)24)18(19(22)21-16)15-6-4-3-5-7-15/h3-7,13-14,23-24H,8-12H2,1-2H3,(H,21,22). The van der Waals surface area contributed by atoms with E-state index in [1.807, 2.05) is 18.2 Å². The molecule has 0 unspecified atom stereocenters. The minimum absolute atomic E-state index is 0.224. The highest BCUT2D eigenvalue weighted by molar-refractivity contribution is 7.39. The number of hydrogen-bond acceptors (Lipinski definition) is 4. The van der Waals surface area contributed by atoms with Crippen LogP contribution in [0.5, 0.6) is 5.75 Å². The summed E-state index contributed by atoms with van der Waals surface area (Å²) in [6.45, 7) is 4.60. The van der Waals surface area contributed by atoms with Gasteiger partial charge >= 0.3 is 8.60 Å². The monoisotopic (exact) mass is 375 g/mol. The molecule has 0 atom stereocenters. The first-order valence-corrected chi connectivity index (χ1v) is 10.2. The maximum Gasteiger partial charge on any atom is 0.391 e. The maximum absolute atomic E-state index is 12.7. The van der Waals surface area contributed by atoms with Crippen LogP contribution in [0.25, 0.3) is 11.1 Å². The van der Waals surface area contributed by atoms with Gasteiger partial charge in [0, 0.05) is 11.8 Å². The second-order valence-corrected chi connectivity index (χ2v) is 8.57. The van der Waals surface area contributed by atoms with Crippen molar-refractivity contribution in [2.75, 3.05) is 0 Å². The third kappa shape index (κ3) is 4.73. The van der Waals surface area contributed by atoms with Crippen LogP contribution in [0.15, 0.2) is 41.2 Å². The molecule has 1 heterocycles. The predicted octanol–water partition coefficient (Wildman–Crippen LogP) is 4.39. The SMILES string of the molecule is CC1(C)CCC(Cc2cc(OP(O)O)c(-c3ccccc3)c(=O)[nH]2)CC1. The van der Waals surface area contributed by atoms with Crippen molar-refractivity contribution < 1.29 is 14.3 Å². The molecule has 0 bridgehead atoms. The summed E-state index contributed by atoms with van der Waals surface area (Å²) in [5.41, 5.74) is 1.93. The molecule has 0 aliphatic heterocycles. The van der Waals surface area contributed by atoms with Gasteiger partial charge in [-0.2, -0.15) is 0 Å². The van der Waals surface area contributed by atoms with Crippen molar-refractivity contribution in [3.63, 3.8) is 0 Å². The van der Waals surface area contributed by atoms with Gasteiger partial charge in [-0.25, -0.2) is 0 Å². The Morgan fingerprint density at radius 1 is 1.19 bits per heavy atom. The van der Waals surface area contributed by atoms with Crippen molar-refractivity contribution in [3.05, 3.63) is 52.4 Å². The Morgan fingerprint density at radius 3 is 2.46 bits per heavy atom. The van der Waals surface area contributed by atoms with E-state index in [2.05, 4.69) is 18.8 Å². The fourth-order valence-electron chi connectivity index (χ4n) is 3.71. The molecule has 3 N–H and O–H groups in total. The van der Waals surface area contributed by atoms with Gasteiger partial charge in [-0.05, 0) is 49.0 Å². The van der Waals surface area contributed by atoms with Gasteiger partial charge < -0.3 is 19.3 Å². The van der Waals surface area contributed by atoms with Crippen LogP contribution in [0, 0.1) is 11.3 Å². The van der Waals surface area contributed by atoms with Crippen LogP contribution in [0.1, 0.15) is 45.2 Å². The van der Waals surface area contributed by atoms with Crippen LogP contribution in [-0.4, -0.2) is 14.8 Å². The number of benzene rings is 1. The third-order valence-electron chi connectivity index (χ3n) is 5.26. The molecule has 0 amide bonds. The molecule has 0 spiro atoms. The van der Waals surface area contributed by atoms with E-state index in [9.17, 15) is 14.6 Å². The summed E-state index contributed by atoms with van der Waals surface area (Å²) in [5, 5.41) is 0. The lowest BCUT2D eigenvalue weighted by Crippen LogP contribution is -2.23. The summed E-state index contributed by atoms with van der Waals surface area (Å²) in [4.78, 5) is 34.3. The molecule has 2 aromatic rings. The van der Waals surface area contributed by atoms with Crippen LogP contribution in [-0.2, 0) is 6.42 Å². The molecule has 6 heteroatoms. The minimum atomic E-state index is -2.59. The maximum atomic E-state index is 12.7. The molecule has 0 saturated heterocycles. The van der Waals surface area contributed by atoms with Gasteiger partial charge in [0.15, 0.2) is 0 Å². The van der Waals surface area contributed by atoms with Gasteiger partial charge in [-0.1, -0.05) is 44.2 Å². The smallest absolute Gasteiger partial charge is 0.391 e. The van der Waals surface area contributed by atoms with Crippen molar-refractivity contribution in [2.45, 2.75) is 46.0 Å². The van der Waals surface area contributed by atoms with Gasteiger partial charge in [0.2, 0.25) is 0 Å². The van der Waals surface area contributed by atoms with Crippen LogP contribution in [0.4, 0.5) is 0 Å². The van der Waals surface area contributed by atoms with Crippen LogP contribution < -0.4 is 10.1 Å². The Morgan fingerprint density at radius 2 is 1.85 bits per heavy atom. The summed E-state index contributed by atoms with van der Waals surface area (Å²) in [5.74, 6) is 0.751. The highest BCUT2D eigenvalue weighted by Crippen LogP contribution is 2.40. The molecule has 1 fully saturated rings. The number of H-pyrrole nitrogens is 1. The Kier molecular flexibility index (Phi) is 5.81. The van der Waals surface area contributed by atoms with Gasteiger partial charge in [0.1, 0.15) is 5.75 Å². The molecular weight excluding hydrogens is 349 g/mol. The summed E-state index contributed by atoms with van der Waals surface area (Å²) in [7, 11) is -2.59. The van der Waals surface area contributed by atoms with Gasteiger partial charge in [-0.3, -0.25) is 4.79 Å². The van der Waals surface area contributed by atoms with Crippen molar-refractivity contribution in [1.82, 2.24) is 4.98 Å². The van der Waals surface area contributed by atoms with Crippen molar-refractivity contribution >= 4 is 8.60 Å². The van der Waals surface area contributed by atoms with Crippen molar-refractivity contribution in [3.8, 4) is 16.9 Å². The molecule has 1 saturated carbocycles. The van der Waals surface area contributed by atoms with E-state index in [0.29, 0.717) is 22.5 Å². The minimum Gasteiger partial charge on any atom is -0.426 e. The molecule has 1 aromatic heterocycles. The van der Waals surface area contributed by atoms with E-state index in [1.165, 1.54) is 12.8 Å².